The number of carbonyl (C=O) groups excluding carboxylic acids is 2. The summed E-state index contributed by atoms with van der Waals surface area (Å²) in [5.74, 6) is 0.315. The molecule has 0 saturated heterocycles. The molecule has 6 nitrogen and oxygen atoms in total. The molecule has 1 aromatic heterocycles. The molecule has 0 spiro atoms. The van der Waals surface area contributed by atoms with Crippen LogP contribution in [0.3, 0.4) is 0 Å². The van der Waals surface area contributed by atoms with Crippen LogP contribution in [0.25, 0.3) is 0 Å². The van der Waals surface area contributed by atoms with Gasteiger partial charge in [0.05, 0.1) is 17.2 Å². The fourth-order valence-electron chi connectivity index (χ4n) is 2.37. The first-order valence-electron chi connectivity index (χ1n) is 8.68. The van der Waals surface area contributed by atoms with E-state index in [9.17, 15) is 9.59 Å². The Kier molecular flexibility index (Phi) is 5.76. The summed E-state index contributed by atoms with van der Waals surface area (Å²) < 4.78 is 5.27. The van der Waals surface area contributed by atoms with Gasteiger partial charge in [-0.1, -0.05) is 20.8 Å². The van der Waals surface area contributed by atoms with E-state index >= 15 is 0 Å². The van der Waals surface area contributed by atoms with Gasteiger partial charge in [0, 0.05) is 12.5 Å². The lowest BCUT2D eigenvalue weighted by atomic mass is 9.86. The van der Waals surface area contributed by atoms with Gasteiger partial charge in [-0.15, -0.1) is 11.3 Å². The molecule has 1 unspecified atom stereocenters. The van der Waals surface area contributed by atoms with Crippen LogP contribution in [0.2, 0.25) is 0 Å². The van der Waals surface area contributed by atoms with Crippen molar-refractivity contribution in [2.45, 2.75) is 71.9 Å². The number of alkyl carbamates (subject to hydrolysis) is 1. The lowest BCUT2D eigenvalue weighted by Crippen LogP contribution is -2.51. The Morgan fingerprint density at radius 2 is 1.92 bits per heavy atom. The first-order valence-corrected chi connectivity index (χ1v) is 9.56. The first-order chi connectivity index (χ1) is 11.5. The van der Waals surface area contributed by atoms with Crippen molar-refractivity contribution < 1.29 is 14.3 Å². The first kappa shape index (κ1) is 19.7. The van der Waals surface area contributed by atoms with Crippen LogP contribution in [-0.2, 0) is 4.74 Å². The molecule has 2 rings (SSSR count). The van der Waals surface area contributed by atoms with Gasteiger partial charge in [-0.05, 0) is 39.0 Å². The van der Waals surface area contributed by atoms with Crippen molar-refractivity contribution in [3.8, 4) is 0 Å². The van der Waals surface area contributed by atoms with Crippen molar-refractivity contribution in [3.63, 3.8) is 0 Å². The molecule has 0 aromatic carbocycles. The summed E-state index contributed by atoms with van der Waals surface area (Å²) in [7, 11) is 0. The highest BCUT2D eigenvalue weighted by Gasteiger charge is 2.33. The Bertz CT molecular complexity index is 624. The monoisotopic (exact) mass is 367 g/mol. The van der Waals surface area contributed by atoms with E-state index in [2.05, 4.69) is 15.6 Å². The van der Waals surface area contributed by atoms with E-state index in [1.807, 2.05) is 41.5 Å². The van der Waals surface area contributed by atoms with E-state index in [0.717, 1.165) is 18.5 Å². The van der Waals surface area contributed by atoms with Crippen molar-refractivity contribution >= 4 is 23.3 Å². The Hall–Kier alpha value is -1.63. The topological polar surface area (TPSA) is 80.3 Å². The highest BCUT2D eigenvalue weighted by Crippen LogP contribution is 2.41. The lowest BCUT2D eigenvalue weighted by Gasteiger charge is -2.32. The summed E-state index contributed by atoms with van der Waals surface area (Å²) in [5.41, 5.74) is 1.88. The van der Waals surface area contributed by atoms with Crippen LogP contribution in [0.5, 0.6) is 0 Å². The minimum absolute atomic E-state index is 0.115. The Labute approximate surface area is 153 Å². The second-order valence-electron chi connectivity index (χ2n) is 8.62. The maximum atomic E-state index is 12.7. The second-order valence-corrected chi connectivity index (χ2v) is 9.47. The van der Waals surface area contributed by atoms with E-state index in [0.29, 0.717) is 17.3 Å². The fourth-order valence-corrected chi connectivity index (χ4v) is 3.15. The van der Waals surface area contributed by atoms with Crippen LogP contribution in [0.4, 0.5) is 4.79 Å². The van der Waals surface area contributed by atoms with Crippen LogP contribution in [0, 0.1) is 5.41 Å². The summed E-state index contributed by atoms with van der Waals surface area (Å²) >= 11 is 1.38. The predicted molar refractivity (Wildman–Crippen MR) is 99.0 cm³/mol. The van der Waals surface area contributed by atoms with E-state index in [1.54, 1.807) is 5.51 Å². The smallest absolute Gasteiger partial charge is 0.407 e. The molecule has 2 amide bonds. The third kappa shape index (κ3) is 5.99. The van der Waals surface area contributed by atoms with Gasteiger partial charge in [0.25, 0.3) is 5.91 Å². The molecule has 2 N–H and O–H groups in total. The number of hydrogen-bond donors (Lipinski definition) is 2. The summed E-state index contributed by atoms with van der Waals surface area (Å²) in [4.78, 5) is 29.6. The molecular weight excluding hydrogens is 338 g/mol. The van der Waals surface area contributed by atoms with E-state index in [1.165, 1.54) is 11.3 Å². The maximum absolute atomic E-state index is 12.7. The Balaban J connectivity index is 1.99. The van der Waals surface area contributed by atoms with Gasteiger partial charge < -0.3 is 15.4 Å². The van der Waals surface area contributed by atoms with Gasteiger partial charge in [0.15, 0.2) is 0 Å². The minimum atomic E-state index is -0.549. The molecule has 0 bridgehead atoms. The number of carbonyl (C=O) groups is 2. The van der Waals surface area contributed by atoms with Gasteiger partial charge in [-0.2, -0.15) is 0 Å². The van der Waals surface area contributed by atoms with Crippen molar-refractivity contribution in [1.29, 1.82) is 0 Å². The van der Waals surface area contributed by atoms with Gasteiger partial charge >= 0.3 is 6.09 Å². The molecule has 1 aliphatic carbocycles. The predicted octanol–water partition coefficient (Wildman–Crippen LogP) is 3.69. The zero-order chi connectivity index (χ0) is 18.8. The zero-order valence-corrected chi connectivity index (χ0v) is 16.8. The number of nitrogens with one attached hydrogen (secondary N) is 2. The molecule has 1 aliphatic rings. The highest BCUT2D eigenvalue weighted by molar-refractivity contribution is 7.11. The zero-order valence-electron chi connectivity index (χ0n) is 15.9. The molecule has 1 heterocycles. The van der Waals surface area contributed by atoms with E-state index in [-0.39, 0.29) is 17.4 Å². The minimum Gasteiger partial charge on any atom is -0.444 e. The molecule has 7 heteroatoms. The summed E-state index contributed by atoms with van der Waals surface area (Å²) in [6.45, 7) is 11.9. The van der Waals surface area contributed by atoms with Gasteiger partial charge in [0.2, 0.25) is 0 Å². The average Bonchev–Trinajstić information content (AvgIpc) is 3.17. The van der Waals surface area contributed by atoms with Crippen LogP contribution in [0.15, 0.2) is 5.51 Å². The third-order valence-electron chi connectivity index (χ3n) is 3.97. The van der Waals surface area contributed by atoms with E-state index < -0.39 is 11.7 Å². The molecule has 1 fully saturated rings. The van der Waals surface area contributed by atoms with Crippen LogP contribution in [0.1, 0.15) is 75.7 Å². The van der Waals surface area contributed by atoms with Crippen LogP contribution in [-0.4, -0.2) is 35.2 Å². The Morgan fingerprint density at radius 3 is 2.44 bits per heavy atom. The molecule has 1 aromatic rings. The van der Waals surface area contributed by atoms with Crippen molar-refractivity contribution in [1.82, 2.24) is 15.6 Å². The molecule has 1 atom stereocenters. The molecule has 25 heavy (non-hydrogen) atoms. The van der Waals surface area contributed by atoms with Crippen LogP contribution < -0.4 is 10.6 Å². The van der Waals surface area contributed by atoms with Gasteiger partial charge in [-0.3, -0.25) is 4.79 Å². The number of ether oxygens (including phenoxy) is 1. The number of nitrogens with zero attached hydrogens (tertiary/aromatic N) is 1. The number of rotatable bonds is 5. The third-order valence-corrected chi connectivity index (χ3v) is 4.81. The summed E-state index contributed by atoms with van der Waals surface area (Å²) in [5, 5.41) is 5.82. The van der Waals surface area contributed by atoms with Crippen LogP contribution >= 0.6 is 11.3 Å². The largest absolute Gasteiger partial charge is 0.444 e. The van der Waals surface area contributed by atoms with Gasteiger partial charge in [0.1, 0.15) is 10.5 Å². The molecule has 140 valence electrons. The van der Waals surface area contributed by atoms with Crippen molar-refractivity contribution in [2.75, 3.05) is 6.54 Å². The van der Waals surface area contributed by atoms with Crippen molar-refractivity contribution in [2.24, 2.45) is 5.41 Å². The highest BCUT2D eigenvalue weighted by atomic mass is 32.1. The standard InChI is InChI=1S/C18H29N3O3S/c1-17(2,3)12(9-19-16(23)24-18(4,5)6)21-15(22)14-13(11-7-8-11)20-10-25-14/h10-12H,7-9H2,1-6H3,(H,19,23)(H,21,22). The second kappa shape index (κ2) is 7.32. The number of thiazole rings is 1. The Morgan fingerprint density at radius 1 is 1.28 bits per heavy atom. The molecule has 1 saturated carbocycles. The van der Waals surface area contributed by atoms with Crippen molar-refractivity contribution in [3.05, 3.63) is 16.1 Å². The molecule has 0 aliphatic heterocycles. The number of hydrogen-bond acceptors (Lipinski definition) is 5. The number of aromatic nitrogens is 1. The quantitative estimate of drug-likeness (QED) is 0.832. The molecular formula is C18H29N3O3S. The lowest BCUT2D eigenvalue weighted by molar-refractivity contribution is 0.0509. The summed E-state index contributed by atoms with van der Waals surface area (Å²) in [6.07, 6.45) is 1.73. The SMILES string of the molecule is CC(C)(C)OC(=O)NCC(NC(=O)c1scnc1C1CC1)C(C)(C)C. The normalized spacial score (nSPS) is 16.2. The summed E-state index contributed by atoms with van der Waals surface area (Å²) in [6, 6.07) is -0.221. The fraction of sp³-hybridized carbons (Fsp3) is 0.722. The number of amides is 2. The van der Waals surface area contributed by atoms with E-state index in [4.69, 9.17) is 4.74 Å². The van der Waals surface area contributed by atoms with Gasteiger partial charge in [-0.25, -0.2) is 9.78 Å². The maximum Gasteiger partial charge on any atom is 0.407 e. The molecule has 0 radical (unpaired) electrons. The average molecular weight is 368 g/mol.